The number of benzene rings is 2. The minimum Gasteiger partial charge on any atom is -0.497 e. The quantitative estimate of drug-likeness (QED) is 0.857. The fourth-order valence-corrected chi connectivity index (χ4v) is 2.28. The molecule has 116 valence electrons. The SMILES string of the molecule is COc1ccc(-c2cccc([C@@H](N)CC(=O)O)c2)c(OC)c1. The van der Waals surface area contributed by atoms with E-state index in [1.807, 2.05) is 36.4 Å². The Bertz CT molecular complexity index is 669. The number of methoxy groups -OCH3 is 2. The summed E-state index contributed by atoms with van der Waals surface area (Å²) in [5, 5.41) is 8.86. The first-order valence-corrected chi connectivity index (χ1v) is 6.85. The van der Waals surface area contributed by atoms with Gasteiger partial charge < -0.3 is 20.3 Å². The van der Waals surface area contributed by atoms with Crippen LogP contribution in [-0.4, -0.2) is 25.3 Å². The molecule has 3 N–H and O–H groups in total. The lowest BCUT2D eigenvalue weighted by Crippen LogP contribution is -2.14. The highest BCUT2D eigenvalue weighted by Crippen LogP contribution is 2.34. The van der Waals surface area contributed by atoms with Gasteiger partial charge in [0.25, 0.3) is 0 Å². The number of hydrogen-bond acceptors (Lipinski definition) is 4. The molecule has 5 nitrogen and oxygen atoms in total. The van der Waals surface area contributed by atoms with Gasteiger partial charge >= 0.3 is 5.97 Å². The molecule has 0 spiro atoms. The molecule has 0 saturated carbocycles. The van der Waals surface area contributed by atoms with Crippen LogP contribution in [0.5, 0.6) is 11.5 Å². The van der Waals surface area contributed by atoms with Gasteiger partial charge in [-0.25, -0.2) is 0 Å². The maximum atomic E-state index is 10.8. The van der Waals surface area contributed by atoms with Gasteiger partial charge in [0, 0.05) is 17.7 Å². The molecule has 0 aliphatic heterocycles. The highest BCUT2D eigenvalue weighted by atomic mass is 16.5. The summed E-state index contributed by atoms with van der Waals surface area (Å²) >= 11 is 0. The van der Waals surface area contributed by atoms with Crippen molar-refractivity contribution in [1.29, 1.82) is 0 Å². The lowest BCUT2D eigenvalue weighted by atomic mass is 9.98. The molecule has 0 radical (unpaired) electrons. The second kappa shape index (κ2) is 6.95. The minimum atomic E-state index is -0.917. The molecule has 5 heteroatoms. The summed E-state index contributed by atoms with van der Waals surface area (Å²) in [5.74, 6) is 0.475. The number of carboxylic acid groups (broad SMARTS) is 1. The molecule has 0 saturated heterocycles. The van der Waals surface area contributed by atoms with Gasteiger partial charge in [0.2, 0.25) is 0 Å². The molecule has 0 fully saturated rings. The molecule has 2 aromatic rings. The average molecular weight is 301 g/mol. The van der Waals surface area contributed by atoms with Crippen LogP contribution in [0.1, 0.15) is 18.0 Å². The molecule has 0 heterocycles. The predicted molar refractivity (Wildman–Crippen MR) is 84.2 cm³/mol. The number of carboxylic acids is 1. The maximum Gasteiger partial charge on any atom is 0.305 e. The summed E-state index contributed by atoms with van der Waals surface area (Å²) in [5.41, 5.74) is 8.51. The van der Waals surface area contributed by atoms with Crippen molar-refractivity contribution < 1.29 is 19.4 Å². The van der Waals surface area contributed by atoms with Crippen LogP contribution in [0.4, 0.5) is 0 Å². The number of ether oxygens (including phenoxy) is 2. The summed E-state index contributed by atoms with van der Waals surface area (Å²) in [7, 11) is 3.19. The van der Waals surface area contributed by atoms with E-state index >= 15 is 0 Å². The summed E-state index contributed by atoms with van der Waals surface area (Å²) < 4.78 is 10.6. The van der Waals surface area contributed by atoms with Crippen LogP contribution in [0.2, 0.25) is 0 Å². The molecule has 0 amide bonds. The minimum absolute atomic E-state index is 0.108. The summed E-state index contributed by atoms with van der Waals surface area (Å²) in [6.07, 6.45) is -0.108. The van der Waals surface area contributed by atoms with Crippen LogP contribution in [0.25, 0.3) is 11.1 Å². The Morgan fingerprint density at radius 2 is 1.95 bits per heavy atom. The van der Waals surface area contributed by atoms with E-state index in [9.17, 15) is 4.79 Å². The topological polar surface area (TPSA) is 81.8 Å². The average Bonchev–Trinajstić information content (AvgIpc) is 2.53. The van der Waals surface area contributed by atoms with Crippen molar-refractivity contribution >= 4 is 5.97 Å². The highest BCUT2D eigenvalue weighted by molar-refractivity contribution is 5.73. The highest BCUT2D eigenvalue weighted by Gasteiger charge is 2.13. The van der Waals surface area contributed by atoms with Crippen molar-refractivity contribution in [3.63, 3.8) is 0 Å². The van der Waals surface area contributed by atoms with E-state index < -0.39 is 12.0 Å². The second-order valence-corrected chi connectivity index (χ2v) is 4.90. The van der Waals surface area contributed by atoms with Crippen molar-refractivity contribution in [1.82, 2.24) is 0 Å². The van der Waals surface area contributed by atoms with E-state index in [1.165, 1.54) is 0 Å². The van der Waals surface area contributed by atoms with Gasteiger partial charge in [-0.3, -0.25) is 4.79 Å². The van der Waals surface area contributed by atoms with Crippen LogP contribution in [0.15, 0.2) is 42.5 Å². The van der Waals surface area contributed by atoms with Gasteiger partial charge in [-0.1, -0.05) is 18.2 Å². The standard InChI is InChI=1S/C17H19NO4/c1-21-13-6-7-14(16(9-13)22-2)11-4-3-5-12(8-11)15(18)10-17(19)20/h3-9,15H,10,18H2,1-2H3,(H,19,20)/t15-/m0/s1. The molecule has 0 aliphatic rings. The molecule has 0 aromatic heterocycles. The van der Waals surface area contributed by atoms with Crippen molar-refractivity contribution in [2.75, 3.05) is 14.2 Å². The fraction of sp³-hybridized carbons (Fsp3) is 0.235. The van der Waals surface area contributed by atoms with Gasteiger partial charge in [0.1, 0.15) is 11.5 Å². The number of carbonyl (C=O) groups is 1. The van der Waals surface area contributed by atoms with E-state index in [4.69, 9.17) is 20.3 Å². The first-order chi connectivity index (χ1) is 10.5. The van der Waals surface area contributed by atoms with E-state index in [0.717, 1.165) is 16.7 Å². The monoisotopic (exact) mass is 301 g/mol. The molecular weight excluding hydrogens is 282 g/mol. The summed E-state index contributed by atoms with van der Waals surface area (Å²) in [6.45, 7) is 0. The zero-order chi connectivity index (χ0) is 16.1. The van der Waals surface area contributed by atoms with Gasteiger partial charge in [-0.2, -0.15) is 0 Å². The molecular formula is C17H19NO4. The van der Waals surface area contributed by atoms with E-state index in [0.29, 0.717) is 11.5 Å². The van der Waals surface area contributed by atoms with Crippen LogP contribution in [0, 0.1) is 0 Å². The van der Waals surface area contributed by atoms with E-state index in [-0.39, 0.29) is 6.42 Å². The smallest absolute Gasteiger partial charge is 0.305 e. The van der Waals surface area contributed by atoms with Crippen LogP contribution >= 0.6 is 0 Å². The molecule has 22 heavy (non-hydrogen) atoms. The third-order valence-corrected chi connectivity index (χ3v) is 3.43. The Morgan fingerprint density at radius 1 is 1.18 bits per heavy atom. The van der Waals surface area contributed by atoms with Crippen LogP contribution in [-0.2, 0) is 4.79 Å². The van der Waals surface area contributed by atoms with Crippen molar-refractivity contribution in [2.24, 2.45) is 5.73 Å². The first-order valence-electron chi connectivity index (χ1n) is 6.85. The Hall–Kier alpha value is -2.53. The fourth-order valence-electron chi connectivity index (χ4n) is 2.28. The molecule has 0 aliphatic carbocycles. The number of nitrogens with two attached hydrogens (primary N) is 1. The molecule has 0 bridgehead atoms. The summed E-state index contributed by atoms with van der Waals surface area (Å²) in [4.78, 5) is 10.8. The zero-order valence-electron chi connectivity index (χ0n) is 12.6. The summed E-state index contributed by atoms with van der Waals surface area (Å²) in [6, 6.07) is 12.5. The normalized spacial score (nSPS) is 11.8. The third-order valence-electron chi connectivity index (χ3n) is 3.43. The molecule has 2 aromatic carbocycles. The van der Waals surface area contributed by atoms with Gasteiger partial charge in [-0.15, -0.1) is 0 Å². The van der Waals surface area contributed by atoms with E-state index in [2.05, 4.69) is 0 Å². The van der Waals surface area contributed by atoms with E-state index in [1.54, 1.807) is 20.3 Å². The van der Waals surface area contributed by atoms with Crippen molar-refractivity contribution in [3.05, 3.63) is 48.0 Å². The van der Waals surface area contributed by atoms with Crippen LogP contribution < -0.4 is 15.2 Å². The molecule has 2 rings (SSSR count). The lowest BCUT2D eigenvalue weighted by molar-refractivity contribution is -0.137. The predicted octanol–water partition coefficient (Wildman–Crippen LogP) is 2.85. The molecule has 1 atom stereocenters. The Kier molecular flexibility index (Phi) is 5.01. The number of aliphatic carboxylic acids is 1. The molecule has 0 unspecified atom stereocenters. The van der Waals surface area contributed by atoms with Crippen LogP contribution in [0.3, 0.4) is 0 Å². The Morgan fingerprint density at radius 3 is 2.59 bits per heavy atom. The third kappa shape index (κ3) is 3.56. The van der Waals surface area contributed by atoms with Crippen molar-refractivity contribution in [3.8, 4) is 22.6 Å². The largest absolute Gasteiger partial charge is 0.497 e. The Balaban J connectivity index is 2.39. The maximum absolute atomic E-state index is 10.8. The number of hydrogen-bond donors (Lipinski definition) is 2. The van der Waals surface area contributed by atoms with Gasteiger partial charge in [-0.05, 0) is 29.3 Å². The van der Waals surface area contributed by atoms with Gasteiger partial charge in [0.05, 0.1) is 20.6 Å². The Labute approximate surface area is 129 Å². The zero-order valence-corrected chi connectivity index (χ0v) is 12.6. The van der Waals surface area contributed by atoms with Gasteiger partial charge in [0.15, 0.2) is 0 Å². The number of rotatable bonds is 6. The first kappa shape index (κ1) is 15.9. The second-order valence-electron chi connectivity index (χ2n) is 4.90. The lowest BCUT2D eigenvalue weighted by Gasteiger charge is -2.14. The van der Waals surface area contributed by atoms with Crippen molar-refractivity contribution in [2.45, 2.75) is 12.5 Å².